The number of carbonyl (C=O) groups excluding carboxylic acids is 2. The van der Waals surface area contributed by atoms with E-state index in [-0.39, 0.29) is 18.2 Å². The van der Waals surface area contributed by atoms with Crippen molar-refractivity contribution in [3.05, 3.63) is 54.1 Å². The summed E-state index contributed by atoms with van der Waals surface area (Å²) in [5.74, 6) is 0.814. The van der Waals surface area contributed by atoms with Crippen LogP contribution in [-0.4, -0.2) is 32.6 Å². The molecule has 0 unspecified atom stereocenters. The molecule has 2 N–H and O–H groups in total. The largest absolute Gasteiger partial charge is 0.497 e. The minimum atomic E-state index is -0.357. The zero-order chi connectivity index (χ0) is 18.1. The van der Waals surface area contributed by atoms with Gasteiger partial charge in [0.15, 0.2) is 0 Å². The van der Waals surface area contributed by atoms with E-state index in [0.29, 0.717) is 24.4 Å². The van der Waals surface area contributed by atoms with Gasteiger partial charge in [-0.05, 0) is 48.4 Å². The molecule has 0 spiro atoms. The summed E-state index contributed by atoms with van der Waals surface area (Å²) in [6, 6.07) is 14.6. The van der Waals surface area contributed by atoms with Gasteiger partial charge in [-0.3, -0.25) is 9.59 Å². The maximum Gasteiger partial charge on any atom is 0.233 e. The van der Waals surface area contributed by atoms with Gasteiger partial charge in [0.05, 0.1) is 14.2 Å². The van der Waals surface area contributed by atoms with Gasteiger partial charge in [-0.1, -0.05) is 12.1 Å². The van der Waals surface area contributed by atoms with Crippen LogP contribution in [0.5, 0.6) is 11.5 Å². The van der Waals surface area contributed by atoms with Gasteiger partial charge < -0.3 is 20.1 Å². The maximum atomic E-state index is 11.9. The van der Waals surface area contributed by atoms with Gasteiger partial charge in [-0.2, -0.15) is 0 Å². The molecule has 25 heavy (non-hydrogen) atoms. The Hall–Kier alpha value is -3.02. The number of ether oxygens (including phenoxy) is 2. The number of carbonyl (C=O) groups is 2. The summed E-state index contributed by atoms with van der Waals surface area (Å²) in [7, 11) is 3.19. The van der Waals surface area contributed by atoms with Gasteiger partial charge in [-0.25, -0.2) is 0 Å². The van der Waals surface area contributed by atoms with Crippen LogP contribution in [0.25, 0.3) is 0 Å². The van der Waals surface area contributed by atoms with Crippen LogP contribution in [0, 0.1) is 0 Å². The first-order valence-corrected chi connectivity index (χ1v) is 7.94. The first kappa shape index (κ1) is 18.3. The number of anilines is 1. The second-order valence-corrected chi connectivity index (χ2v) is 5.40. The Morgan fingerprint density at radius 3 is 2.32 bits per heavy atom. The van der Waals surface area contributed by atoms with E-state index in [4.69, 9.17) is 9.47 Å². The van der Waals surface area contributed by atoms with Crippen molar-refractivity contribution in [1.82, 2.24) is 5.32 Å². The molecular formula is C19H22N2O4. The molecule has 2 aromatic carbocycles. The van der Waals surface area contributed by atoms with Crippen LogP contribution in [0.15, 0.2) is 48.5 Å². The van der Waals surface area contributed by atoms with Crippen molar-refractivity contribution in [3.8, 4) is 11.5 Å². The van der Waals surface area contributed by atoms with Crippen molar-refractivity contribution < 1.29 is 19.1 Å². The highest BCUT2D eigenvalue weighted by atomic mass is 16.5. The fourth-order valence-corrected chi connectivity index (χ4v) is 2.26. The second kappa shape index (κ2) is 9.32. The molecule has 0 aliphatic rings. The average Bonchev–Trinajstić information content (AvgIpc) is 2.62. The Labute approximate surface area is 147 Å². The number of amides is 2. The van der Waals surface area contributed by atoms with Gasteiger partial charge >= 0.3 is 0 Å². The first-order chi connectivity index (χ1) is 12.1. The van der Waals surface area contributed by atoms with Crippen molar-refractivity contribution >= 4 is 17.5 Å². The fraction of sp³-hybridized carbons (Fsp3) is 0.263. The molecule has 0 saturated carbocycles. The van der Waals surface area contributed by atoms with Crippen LogP contribution < -0.4 is 20.1 Å². The van der Waals surface area contributed by atoms with Crippen LogP contribution >= 0.6 is 0 Å². The molecule has 0 fully saturated rings. The summed E-state index contributed by atoms with van der Waals surface area (Å²) in [5.41, 5.74) is 1.68. The van der Waals surface area contributed by atoms with Gasteiger partial charge in [-0.15, -0.1) is 0 Å². The molecule has 132 valence electrons. The van der Waals surface area contributed by atoms with E-state index < -0.39 is 0 Å². The average molecular weight is 342 g/mol. The third kappa shape index (κ3) is 6.18. The number of benzene rings is 2. The number of rotatable bonds is 8. The summed E-state index contributed by atoms with van der Waals surface area (Å²) in [4.78, 5) is 23.7. The zero-order valence-corrected chi connectivity index (χ0v) is 14.4. The van der Waals surface area contributed by atoms with E-state index in [1.165, 1.54) is 0 Å². The molecule has 0 saturated heterocycles. The van der Waals surface area contributed by atoms with E-state index in [9.17, 15) is 9.59 Å². The standard InChI is InChI=1S/C19H22N2O4/c1-24-16-8-6-15(7-9-16)21-19(23)13-18(22)20-11-10-14-4-3-5-17(12-14)25-2/h3-9,12H,10-11,13H2,1-2H3,(H,20,22)(H,21,23). The van der Waals surface area contributed by atoms with Crippen LogP contribution in [0.4, 0.5) is 5.69 Å². The van der Waals surface area contributed by atoms with E-state index in [1.54, 1.807) is 38.5 Å². The quantitative estimate of drug-likeness (QED) is 0.722. The SMILES string of the molecule is COc1ccc(NC(=O)CC(=O)NCCc2cccc(OC)c2)cc1. The molecule has 0 radical (unpaired) electrons. The normalized spacial score (nSPS) is 10.0. The Morgan fingerprint density at radius 1 is 0.920 bits per heavy atom. The summed E-state index contributed by atoms with van der Waals surface area (Å²) >= 11 is 0. The van der Waals surface area contributed by atoms with Crippen molar-refractivity contribution in [3.63, 3.8) is 0 Å². The Balaban J connectivity index is 1.72. The van der Waals surface area contributed by atoms with Crippen LogP contribution in [0.2, 0.25) is 0 Å². The van der Waals surface area contributed by atoms with Crippen molar-refractivity contribution in [1.29, 1.82) is 0 Å². The molecular weight excluding hydrogens is 320 g/mol. The molecule has 0 bridgehead atoms. The summed E-state index contributed by atoms with van der Waals surface area (Å²) in [6.07, 6.45) is 0.452. The monoisotopic (exact) mass is 342 g/mol. The third-order valence-electron chi connectivity index (χ3n) is 3.56. The number of hydrogen-bond acceptors (Lipinski definition) is 4. The number of methoxy groups -OCH3 is 2. The van der Waals surface area contributed by atoms with E-state index in [2.05, 4.69) is 10.6 Å². The topological polar surface area (TPSA) is 76.7 Å². The molecule has 2 amide bonds. The zero-order valence-electron chi connectivity index (χ0n) is 14.4. The smallest absolute Gasteiger partial charge is 0.233 e. The molecule has 2 aromatic rings. The molecule has 0 atom stereocenters. The lowest BCUT2D eigenvalue weighted by molar-refractivity contribution is -0.126. The van der Waals surface area contributed by atoms with Crippen LogP contribution in [-0.2, 0) is 16.0 Å². The lowest BCUT2D eigenvalue weighted by Crippen LogP contribution is -2.29. The van der Waals surface area contributed by atoms with Gasteiger partial charge in [0.2, 0.25) is 11.8 Å². The van der Waals surface area contributed by atoms with E-state index in [0.717, 1.165) is 11.3 Å². The molecule has 0 heterocycles. The highest BCUT2D eigenvalue weighted by molar-refractivity contribution is 6.03. The minimum Gasteiger partial charge on any atom is -0.497 e. The second-order valence-electron chi connectivity index (χ2n) is 5.40. The highest BCUT2D eigenvalue weighted by Gasteiger charge is 2.09. The van der Waals surface area contributed by atoms with E-state index >= 15 is 0 Å². The van der Waals surface area contributed by atoms with Crippen LogP contribution in [0.3, 0.4) is 0 Å². The third-order valence-corrected chi connectivity index (χ3v) is 3.56. The maximum absolute atomic E-state index is 11.9. The summed E-state index contributed by atoms with van der Waals surface area (Å²) in [5, 5.41) is 5.42. The lowest BCUT2D eigenvalue weighted by atomic mass is 10.1. The number of nitrogens with one attached hydrogen (secondary N) is 2. The molecule has 0 aliphatic carbocycles. The minimum absolute atomic E-state index is 0.218. The summed E-state index contributed by atoms with van der Waals surface area (Å²) < 4.78 is 10.2. The molecule has 6 heteroatoms. The van der Waals surface area contributed by atoms with Crippen molar-refractivity contribution in [2.24, 2.45) is 0 Å². The lowest BCUT2D eigenvalue weighted by Gasteiger charge is -2.08. The van der Waals surface area contributed by atoms with Crippen molar-refractivity contribution in [2.45, 2.75) is 12.8 Å². The van der Waals surface area contributed by atoms with E-state index in [1.807, 2.05) is 24.3 Å². The molecule has 2 rings (SSSR count). The molecule has 0 aromatic heterocycles. The molecule has 6 nitrogen and oxygen atoms in total. The van der Waals surface area contributed by atoms with Crippen LogP contribution in [0.1, 0.15) is 12.0 Å². The fourth-order valence-electron chi connectivity index (χ4n) is 2.26. The molecule has 0 aliphatic heterocycles. The Bertz CT molecular complexity index is 714. The number of hydrogen-bond donors (Lipinski definition) is 2. The Kier molecular flexibility index (Phi) is 6.83. The van der Waals surface area contributed by atoms with Gasteiger partial charge in [0, 0.05) is 12.2 Å². The van der Waals surface area contributed by atoms with Gasteiger partial charge in [0.25, 0.3) is 0 Å². The highest BCUT2D eigenvalue weighted by Crippen LogP contribution is 2.15. The van der Waals surface area contributed by atoms with Crippen molar-refractivity contribution in [2.75, 3.05) is 26.1 Å². The first-order valence-electron chi connectivity index (χ1n) is 7.94. The van der Waals surface area contributed by atoms with Gasteiger partial charge in [0.1, 0.15) is 17.9 Å². The summed E-state index contributed by atoms with van der Waals surface area (Å²) in [6.45, 7) is 0.460. The predicted octanol–water partition coefficient (Wildman–Crippen LogP) is 2.39. The predicted molar refractivity (Wildman–Crippen MR) is 95.9 cm³/mol. The Morgan fingerprint density at radius 2 is 1.64 bits per heavy atom.